The van der Waals surface area contributed by atoms with Gasteiger partial charge in [-0.3, -0.25) is 9.35 Å². The summed E-state index contributed by atoms with van der Waals surface area (Å²) in [6.45, 7) is 3.93. The van der Waals surface area contributed by atoms with Crippen molar-refractivity contribution in [3.8, 4) is 0 Å². The third kappa shape index (κ3) is 28.6. The van der Waals surface area contributed by atoms with Crippen molar-refractivity contribution in [2.45, 2.75) is 211 Å². The molecule has 0 amide bonds. The summed E-state index contributed by atoms with van der Waals surface area (Å²) in [6, 6.07) is 0. The van der Waals surface area contributed by atoms with Crippen molar-refractivity contribution in [1.29, 1.82) is 0 Å². The normalized spacial score (nSPS) is 21.2. The Morgan fingerprint density at radius 2 is 1.15 bits per heavy atom. The van der Waals surface area contributed by atoms with Gasteiger partial charge in [0.05, 0.1) is 19.8 Å². The lowest BCUT2D eigenvalue weighted by Gasteiger charge is -2.41. The zero-order valence-electron chi connectivity index (χ0n) is 34.2. The van der Waals surface area contributed by atoms with Gasteiger partial charge in [0.1, 0.15) is 30.5 Å². The Morgan fingerprint density at radius 3 is 1.67 bits per heavy atom. The zero-order chi connectivity index (χ0) is 40.4. The van der Waals surface area contributed by atoms with E-state index in [1.807, 2.05) is 0 Å². The molecule has 1 aliphatic heterocycles. The van der Waals surface area contributed by atoms with E-state index in [4.69, 9.17) is 23.5 Å². The maximum Gasteiger partial charge on any atom is 0.397 e. The van der Waals surface area contributed by atoms with Crippen LogP contribution in [0.4, 0.5) is 0 Å². The first-order valence-corrected chi connectivity index (χ1v) is 23.0. The first-order valence-electron chi connectivity index (χ1n) is 21.6. The molecule has 6 unspecified atom stereocenters. The molecule has 0 saturated carbocycles. The Labute approximate surface area is 333 Å². The van der Waals surface area contributed by atoms with Gasteiger partial charge in [-0.05, 0) is 64.2 Å². The molecule has 1 aliphatic rings. The first kappa shape index (κ1) is 51.6. The van der Waals surface area contributed by atoms with Crippen LogP contribution in [0.15, 0.2) is 24.3 Å². The monoisotopic (exact) mass is 807 g/mol. The van der Waals surface area contributed by atoms with Gasteiger partial charge >= 0.3 is 16.4 Å². The zero-order valence-corrected chi connectivity index (χ0v) is 35.1. The smallest absolute Gasteiger partial charge is 0.397 e. The molecule has 0 aromatic heterocycles. The van der Waals surface area contributed by atoms with Crippen molar-refractivity contribution in [1.82, 2.24) is 0 Å². The van der Waals surface area contributed by atoms with E-state index in [1.165, 1.54) is 83.5 Å². The van der Waals surface area contributed by atoms with E-state index in [2.05, 4.69) is 42.3 Å². The molecule has 6 atom stereocenters. The average Bonchev–Trinajstić information content (AvgIpc) is 3.15. The Balaban J connectivity index is 2.46. The van der Waals surface area contributed by atoms with Gasteiger partial charge < -0.3 is 34.3 Å². The lowest BCUT2D eigenvalue weighted by Crippen LogP contribution is -2.60. The van der Waals surface area contributed by atoms with Crippen molar-refractivity contribution >= 4 is 16.4 Å². The number of esters is 1. The highest BCUT2D eigenvalue weighted by Crippen LogP contribution is 2.26. The van der Waals surface area contributed by atoms with Crippen molar-refractivity contribution in [3.05, 3.63) is 24.3 Å². The van der Waals surface area contributed by atoms with Gasteiger partial charge in [-0.2, -0.15) is 8.42 Å². The molecule has 1 fully saturated rings. The summed E-state index contributed by atoms with van der Waals surface area (Å²) in [5.41, 5.74) is 0. The summed E-state index contributed by atoms with van der Waals surface area (Å²) in [7, 11) is -5.06. The summed E-state index contributed by atoms with van der Waals surface area (Å²) in [5.74, 6) is -0.411. The van der Waals surface area contributed by atoms with E-state index in [9.17, 15) is 28.5 Å². The highest BCUT2D eigenvalue weighted by Gasteiger charge is 2.48. The molecule has 324 valence electrons. The van der Waals surface area contributed by atoms with Crippen LogP contribution in [0.2, 0.25) is 0 Å². The van der Waals surface area contributed by atoms with E-state index in [1.54, 1.807) is 0 Å². The minimum Gasteiger partial charge on any atom is -0.457 e. The fourth-order valence-electron chi connectivity index (χ4n) is 6.48. The van der Waals surface area contributed by atoms with Gasteiger partial charge in [0, 0.05) is 13.0 Å². The van der Waals surface area contributed by atoms with Crippen LogP contribution in [0.3, 0.4) is 0 Å². The van der Waals surface area contributed by atoms with Crippen LogP contribution in [-0.2, 0) is 38.3 Å². The minimum atomic E-state index is -5.06. The topological polar surface area (TPSA) is 178 Å². The first-order chi connectivity index (χ1) is 26.6. The number of allylic oxidation sites excluding steroid dienone is 4. The van der Waals surface area contributed by atoms with Crippen molar-refractivity contribution < 1.29 is 56.2 Å². The number of unbranched alkanes of at least 4 members (excludes halogenated alkanes) is 20. The molecule has 0 radical (unpaired) electrons. The van der Waals surface area contributed by atoms with Crippen molar-refractivity contribution in [3.63, 3.8) is 0 Å². The van der Waals surface area contributed by atoms with Crippen LogP contribution in [0.5, 0.6) is 0 Å². The quantitative estimate of drug-likeness (QED) is 0.0204. The summed E-state index contributed by atoms with van der Waals surface area (Å²) >= 11 is 0. The summed E-state index contributed by atoms with van der Waals surface area (Å²) in [5, 5.41) is 30.6. The number of carbonyl (C=O) groups is 1. The number of aliphatic hydroxyl groups excluding tert-OH is 3. The molecule has 0 spiro atoms. The Hall–Kier alpha value is -1.42. The Kier molecular flexibility index (Phi) is 32.5. The third-order valence-corrected chi connectivity index (χ3v) is 10.3. The summed E-state index contributed by atoms with van der Waals surface area (Å²) in [6.07, 6.45) is 27.8. The van der Waals surface area contributed by atoms with Gasteiger partial charge in [-0.25, -0.2) is 4.18 Å². The highest BCUT2D eigenvalue weighted by molar-refractivity contribution is 7.80. The van der Waals surface area contributed by atoms with E-state index in [-0.39, 0.29) is 19.6 Å². The third-order valence-electron chi connectivity index (χ3n) is 9.80. The van der Waals surface area contributed by atoms with Gasteiger partial charge in [0.15, 0.2) is 6.29 Å². The lowest BCUT2D eigenvalue weighted by atomic mass is 9.99. The lowest BCUT2D eigenvalue weighted by molar-refractivity contribution is -0.301. The number of hydrogen-bond donors (Lipinski definition) is 4. The molecule has 1 rings (SSSR count). The predicted molar refractivity (Wildman–Crippen MR) is 216 cm³/mol. The van der Waals surface area contributed by atoms with Crippen molar-refractivity contribution in [2.24, 2.45) is 0 Å². The van der Waals surface area contributed by atoms with Crippen LogP contribution in [0.25, 0.3) is 0 Å². The molecule has 0 aromatic carbocycles. The summed E-state index contributed by atoms with van der Waals surface area (Å²) in [4.78, 5) is 12.8. The average molecular weight is 807 g/mol. The van der Waals surface area contributed by atoms with Crippen LogP contribution in [-0.4, -0.2) is 97.5 Å². The number of carbonyl (C=O) groups excluding carboxylic acids is 1. The number of hydrogen-bond acceptors (Lipinski definition) is 11. The predicted octanol–water partition coefficient (Wildman–Crippen LogP) is 8.46. The highest BCUT2D eigenvalue weighted by atomic mass is 32.3. The number of rotatable bonds is 37. The molecule has 1 saturated heterocycles. The van der Waals surface area contributed by atoms with Crippen LogP contribution < -0.4 is 0 Å². The van der Waals surface area contributed by atoms with Gasteiger partial charge in [0.2, 0.25) is 0 Å². The second-order valence-corrected chi connectivity index (χ2v) is 16.0. The van der Waals surface area contributed by atoms with E-state index in [0.717, 1.165) is 64.2 Å². The molecule has 1 heterocycles. The largest absolute Gasteiger partial charge is 0.457 e. The second kappa shape index (κ2) is 34.6. The van der Waals surface area contributed by atoms with Crippen LogP contribution in [0, 0.1) is 0 Å². The fraction of sp³-hybridized carbons (Fsp3) is 0.881. The van der Waals surface area contributed by atoms with Crippen molar-refractivity contribution in [2.75, 3.05) is 26.4 Å². The van der Waals surface area contributed by atoms with Gasteiger partial charge in [-0.15, -0.1) is 0 Å². The Morgan fingerprint density at radius 1 is 0.673 bits per heavy atom. The molecule has 0 bridgehead atoms. The molecular weight excluding hydrogens is 729 g/mol. The molecule has 0 aliphatic carbocycles. The van der Waals surface area contributed by atoms with Gasteiger partial charge in [0.25, 0.3) is 0 Å². The maximum atomic E-state index is 12.8. The second-order valence-electron chi connectivity index (χ2n) is 14.9. The van der Waals surface area contributed by atoms with Crippen LogP contribution in [0.1, 0.15) is 174 Å². The minimum absolute atomic E-state index is 0.0304. The molecular formula is C42H78O12S. The molecule has 0 aromatic rings. The van der Waals surface area contributed by atoms with E-state index < -0.39 is 59.8 Å². The standard InChI is InChI=1S/C42H78O12S/c1-3-5-7-9-11-13-15-17-18-19-20-22-24-26-28-30-32-50-34-36(52-38(44)31-29-27-25-23-21-16-14-12-10-8-6-4-2)35-51-42-40(46)41(54-55(47,48)49)39(45)37(33-43)53-42/h12,14,17-18,36-37,39-43,45-46H,3-11,13,15-16,19-35H2,1-2H3,(H,47,48,49)/b14-12-,18-17-. The molecule has 13 heteroatoms. The number of ether oxygens (including phenoxy) is 4. The Bertz CT molecular complexity index is 1070. The molecule has 55 heavy (non-hydrogen) atoms. The van der Waals surface area contributed by atoms with Gasteiger partial charge in [-0.1, -0.05) is 128 Å². The van der Waals surface area contributed by atoms with E-state index >= 15 is 0 Å². The van der Waals surface area contributed by atoms with Crippen LogP contribution >= 0.6 is 0 Å². The maximum absolute atomic E-state index is 12.8. The summed E-state index contributed by atoms with van der Waals surface area (Å²) < 4.78 is 58.9. The number of aliphatic hydroxyl groups is 3. The SMILES string of the molecule is CCCCC/C=C\CCCCCCCC(=O)OC(COCCCCCCCC/C=C\CCCCCCCC)COC1OC(CO)C(O)C(OS(=O)(=O)O)C1O. The van der Waals surface area contributed by atoms with E-state index in [0.29, 0.717) is 13.0 Å². The molecule has 4 N–H and O–H groups in total. The molecule has 12 nitrogen and oxygen atoms in total. The fourth-order valence-corrected chi connectivity index (χ4v) is 6.99.